The summed E-state index contributed by atoms with van der Waals surface area (Å²) in [5.41, 5.74) is 0.595. The van der Waals surface area contributed by atoms with Crippen LogP contribution >= 0.6 is 0 Å². The average molecular weight is 282 g/mol. The van der Waals surface area contributed by atoms with E-state index in [1.807, 2.05) is 0 Å². The predicted octanol–water partition coefficient (Wildman–Crippen LogP) is 3.19. The molecule has 3 heteroatoms. The van der Waals surface area contributed by atoms with Crippen molar-refractivity contribution in [2.75, 3.05) is 26.2 Å². The van der Waals surface area contributed by atoms with Gasteiger partial charge in [0.05, 0.1) is 6.10 Å². The lowest BCUT2D eigenvalue weighted by atomic mass is 9.82. The molecule has 0 aliphatic carbocycles. The maximum atomic E-state index is 5.99. The summed E-state index contributed by atoms with van der Waals surface area (Å²) in [7, 11) is 0. The minimum atomic E-state index is 0.286. The van der Waals surface area contributed by atoms with Gasteiger partial charge in [-0.05, 0) is 45.4 Å². The summed E-state index contributed by atoms with van der Waals surface area (Å²) in [5, 5.41) is 3.86. The highest BCUT2D eigenvalue weighted by Crippen LogP contribution is 2.31. The van der Waals surface area contributed by atoms with Crippen molar-refractivity contribution in [3.05, 3.63) is 0 Å². The zero-order valence-electron chi connectivity index (χ0n) is 14.0. The van der Waals surface area contributed by atoms with Crippen molar-refractivity contribution in [1.29, 1.82) is 0 Å². The molecule has 2 aliphatic rings. The summed E-state index contributed by atoms with van der Waals surface area (Å²) < 4.78 is 5.99. The third-order valence-corrected chi connectivity index (χ3v) is 5.91. The molecule has 118 valence electrons. The number of hydrogen-bond acceptors (Lipinski definition) is 3. The van der Waals surface area contributed by atoms with Gasteiger partial charge < -0.3 is 10.1 Å². The van der Waals surface area contributed by atoms with Crippen LogP contribution in [0.15, 0.2) is 0 Å². The van der Waals surface area contributed by atoms with Crippen LogP contribution in [-0.2, 0) is 4.74 Å². The highest BCUT2D eigenvalue weighted by molar-refractivity contribution is 5.02. The number of hydrogen-bond donors (Lipinski definition) is 1. The molecule has 2 rings (SSSR count). The summed E-state index contributed by atoms with van der Waals surface area (Å²) in [6, 6.07) is 0. The Morgan fingerprint density at radius 1 is 1.15 bits per heavy atom. The van der Waals surface area contributed by atoms with Crippen LogP contribution in [0.3, 0.4) is 0 Å². The third-order valence-electron chi connectivity index (χ3n) is 5.91. The first-order valence-corrected chi connectivity index (χ1v) is 8.69. The standard InChI is InChI=1S/C17H34N2O/c1-5-16(4)13-18-17(6-2,7-3)14-19(16)12-15-10-8-9-11-20-15/h15,18H,5-14H2,1-4H3. The van der Waals surface area contributed by atoms with Gasteiger partial charge >= 0.3 is 0 Å². The Bertz CT molecular complexity index is 297. The zero-order chi connectivity index (χ0) is 14.6. The molecule has 2 atom stereocenters. The molecule has 2 aliphatic heterocycles. The summed E-state index contributed by atoms with van der Waals surface area (Å²) in [6.07, 6.45) is 7.92. The van der Waals surface area contributed by atoms with E-state index in [1.165, 1.54) is 45.1 Å². The summed E-state index contributed by atoms with van der Waals surface area (Å²) in [5.74, 6) is 0. The van der Waals surface area contributed by atoms with E-state index >= 15 is 0 Å². The largest absolute Gasteiger partial charge is 0.377 e. The summed E-state index contributed by atoms with van der Waals surface area (Å²) >= 11 is 0. The lowest BCUT2D eigenvalue weighted by molar-refractivity contribution is -0.0564. The summed E-state index contributed by atoms with van der Waals surface area (Å²) in [6.45, 7) is 13.7. The van der Waals surface area contributed by atoms with Gasteiger partial charge in [0.15, 0.2) is 0 Å². The Balaban J connectivity index is 2.06. The van der Waals surface area contributed by atoms with Crippen molar-refractivity contribution < 1.29 is 4.74 Å². The minimum absolute atomic E-state index is 0.286. The van der Waals surface area contributed by atoms with E-state index in [1.54, 1.807) is 0 Å². The molecule has 0 aromatic rings. The molecule has 1 N–H and O–H groups in total. The van der Waals surface area contributed by atoms with Crippen molar-refractivity contribution in [3.8, 4) is 0 Å². The number of nitrogens with zero attached hydrogens (tertiary/aromatic N) is 1. The molecule has 0 bridgehead atoms. The number of ether oxygens (including phenoxy) is 1. The van der Waals surface area contributed by atoms with Crippen LogP contribution in [0.25, 0.3) is 0 Å². The fourth-order valence-electron chi connectivity index (χ4n) is 3.66. The van der Waals surface area contributed by atoms with E-state index in [0.717, 1.165) is 19.7 Å². The van der Waals surface area contributed by atoms with E-state index in [4.69, 9.17) is 4.74 Å². The van der Waals surface area contributed by atoms with Gasteiger partial charge in [-0.2, -0.15) is 0 Å². The smallest absolute Gasteiger partial charge is 0.0702 e. The van der Waals surface area contributed by atoms with Crippen LogP contribution in [-0.4, -0.2) is 48.3 Å². The molecule has 0 aromatic heterocycles. The van der Waals surface area contributed by atoms with Gasteiger partial charge in [0, 0.05) is 37.3 Å². The Hall–Kier alpha value is -0.120. The van der Waals surface area contributed by atoms with Crippen LogP contribution in [0.5, 0.6) is 0 Å². The van der Waals surface area contributed by atoms with Gasteiger partial charge in [0.25, 0.3) is 0 Å². The second-order valence-electron chi connectivity index (χ2n) is 7.06. The molecule has 2 fully saturated rings. The zero-order valence-corrected chi connectivity index (χ0v) is 14.0. The first-order chi connectivity index (χ1) is 9.57. The molecule has 2 heterocycles. The topological polar surface area (TPSA) is 24.5 Å². The molecule has 3 nitrogen and oxygen atoms in total. The molecule has 0 radical (unpaired) electrons. The van der Waals surface area contributed by atoms with E-state index in [9.17, 15) is 0 Å². The van der Waals surface area contributed by atoms with Crippen LogP contribution in [0.4, 0.5) is 0 Å². The molecule has 2 unspecified atom stereocenters. The Morgan fingerprint density at radius 2 is 1.90 bits per heavy atom. The van der Waals surface area contributed by atoms with Gasteiger partial charge in [-0.25, -0.2) is 0 Å². The van der Waals surface area contributed by atoms with Gasteiger partial charge in [-0.3, -0.25) is 4.90 Å². The highest BCUT2D eigenvalue weighted by Gasteiger charge is 2.43. The van der Waals surface area contributed by atoms with Crippen molar-refractivity contribution in [1.82, 2.24) is 10.2 Å². The average Bonchev–Trinajstić information content (AvgIpc) is 2.51. The van der Waals surface area contributed by atoms with E-state index in [-0.39, 0.29) is 5.54 Å². The molecule has 0 amide bonds. The van der Waals surface area contributed by atoms with Crippen LogP contribution < -0.4 is 5.32 Å². The molecule has 0 aromatic carbocycles. The van der Waals surface area contributed by atoms with Crippen molar-refractivity contribution >= 4 is 0 Å². The minimum Gasteiger partial charge on any atom is -0.377 e. The van der Waals surface area contributed by atoms with E-state index in [0.29, 0.717) is 11.6 Å². The Labute approximate surface area is 125 Å². The normalized spacial score (nSPS) is 35.1. The lowest BCUT2D eigenvalue weighted by Gasteiger charge is -2.54. The Morgan fingerprint density at radius 3 is 2.45 bits per heavy atom. The fraction of sp³-hybridized carbons (Fsp3) is 1.00. The molecular formula is C17H34N2O. The van der Waals surface area contributed by atoms with Crippen molar-refractivity contribution in [3.63, 3.8) is 0 Å². The monoisotopic (exact) mass is 282 g/mol. The predicted molar refractivity (Wildman–Crippen MR) is 85.2 cm³/mol. The molecular weight excluding hydrogens is 248 g/mol. The maximum Gasteiger partial charge on any atom is 0.0702 e. The van der Waals surface area contributed by atoms with Crippen LogP contribution in [0.2, 0.25) is 0 Å². The first kappa shape index (κ1) is 16.3. The maximum absolute atomic E-state index is 5.99. The number of rotatable bonds is 5. The van der Waals surface area contributed by atoms with E-state index < -0.39 is 0 Å². The summed E-state index contributed by atoms with van der Waals surface area (Å²) in [4.78, 5) is 2.73. The number of nitrogens with one attached hydrogen (secondary N) is 1. The van der Waals surface area contributed by atoms with E-state index in [2.05, 4.69) is 37.9 Å². The number of piperazine rings is 1. The Kier molecular flexibility index (Phi) is 5.49. The van der Waals surface area contributed by atoms with Crippen molar-refractivity contribution in [2.24, 2.45) is 0 Å². The first-order valence-electron chi connectivity index (χ1n) is 8.69. The molecule has 20 heavy (non-hydrogen) atoms. The molecule has 2 saturated heterocycles. The van der Waals surface area contributed by atoms with Gasteiger partial charge in [0.1, 0.15) is 0 Å². The van der Waals surface area contributed by atoms with Crippen LogP contribution in [0, 0.1) is 0 Å². The third kappa shape index (κ3) is 3.37. The molecule has 0 spiro atoms. The van der Waals surface area contributed by atoms with Gasteiger partial charge in [0.2, 0.25) is 0 Å². The lowest BCUT2D eigenvalue weighted by Crippen LogP contribution is -2.69. The second kappa shape index (κ2) is 6.76. The fourth-order valence-corrected chi connectivity index (χ4v) is 3.66. The SMILES string of the molecule is CCC1(CC)CN(CC2CCCCO2)C(C)(CC)CN1. The van der Waals surface area contributed by atoms with Crippen molar-refractivity contribution in [2.45, 2.75) is 83.4 Å². The highest BCUT2D eigenvalue weighted by atomic mass is 16.5. The second-order valence-corrected chi connectivity index (χ2v) is 7.06. The van der Waals surface area contributed by atoms with Gasteiger partial charge in [-0.1, -0.05) is 20.8 Å². The quantitative estimate of drug-likeness (QED) is 0.838. The van der Waals surface area contributed by atoms with Gasteiger partial charge in [-0.15, -0.1) is 0 Å². The molecule has 0 saturated carbocycles. The van der Waals surface area contributed by atoms with Crippen LogP contribution in [0.1, 0.15) is 66.2 Å².